The fraction of sp³-hybridized carbons (Fsp3) is 1.00. The lowest BCUT2D eigenvalue weighted by molar-refractivity contribution is 0.0850. The maximum Gasteiger partial charge on any atom is 0.234 e. The highest BCUT2D eigenvalue weighted by Gasteiger charge is 2.50. The maximum atomic E-state index is 5.67. The van der Waals surface area contributed by atoms with Crippen LogP contribution in [0.4, 0.5) is 0 Å². The van der Waals surface area contributed by atoms with Gasteiger partial charge in [-0.05, 0) is 12.8 Å². The third kappa shape index (κ3) is 0.956. The molecule has 2 aliphatic rings. The number of hydrogen-bond acceptors (Lipinski definition) is 3. The SMILES string of the molecule is NC1CCC2(CC1)OO2. The van der Waals surface area contributed by atoms with Crippen LogP contribution in [0, 0.1) is 0 Å². The standard InChI is InChI=1S/C6H11NO2/c7-5-1-3-6(4-2-5)8-9-6/h5H,1-4,7H2. The molecule has 52 valence electrons. The van der Waals surface area contributed by atoms with Crippen molar-refractivity contribution in [3.63, 3.8) is 0 Å². The minimum Gasteiger partial charge on any atom is -0.328 e. The van der Waals surface area contributed by atoms with E-state index in [4.69, 9.17) is 15.5 Å². The molecule has 2 fully saturated rings. The Morgan fingerprint density at radius 2 is 1.78 bits per heavy atom. The van der Waals surface area contributed by atoms with Crippen molar-refractivity contribution >= 4 is 0 Å². The molecular weight excluding hydrogens is 118 g/mol. The molecule has 9 heavy (non-hydrogen) atoms. The minimum absolute atomic E-state index is 0.171. The summed E-state index contributed by atoms with van der Waals surface area (Å²) in [6.45, 7) is 0. The van der Waals surface area contributed by atoms with Crippen LogP contribution in [-0.4, -0.2) is 11.8 Å². The van der Waals surface area contributed by atoms with Crippen LogP contribution in [0.5, 0.6) is 0 Å². The lowest BCUT2D eigenvalue weighted by Gasteiger charge is -2.19. The van der Waals surface area contributed by atoms with Gasteiger partial charge < -0.3 is 5.73 Å². The highest BCUT2D eigenvalue weighted by molar-refractivity contribution is 4.83. The van der Waals surface area contributed by atoms with Gasteiger partial charge in [-0.3, -0.25) is 0 Å². The average Bonchev–Trinajstić information content (AvgIpc) is 2.60. The summed E-state index contributed by atoms with van der Waals surface area (Å²) in [4.78, 5) is 9.66. The van der Waals surface area contributed by atoms with E-state index < -0.39 is 0 Å². The van der Waals surface area contributed by atoms with Gasteiger partial charge in [0.1, 0.15) is 0 Å². The third-order valence-electron chi connectivity index (χ3n) is 2.11. The molecule has 0 bridgehead atoms. The van der Waals surface area contributed by atoms with Gasteiger partial charge in [0.2, 0.25) is 5.79 Å². The highest BCUT2D eigenvalue weighted by Crippen LogP contribution is 2.42. The Labute approximate surface area is 54.0 Å². The molecule has 1 aliphatic carbocycles. The molecule has 1 heterocycles. The third-order valence-corrected chi connectivity index (χ3v) is 2.11. The summed E-state index contributed by atoms with van der Waals surface area (Å²) in [6, 6.07) is 0.378. The van der Waals surface area contributed by atoms with Crippen molar-refractivity contribution in [3.8, 4) is 0 Å². The van der Waals surface area contributed by atoms with Crippen molar-refractivity contribution in [2.45, 2.75) is 37.5 Å². The Morgan fingerprint density at radius 1 is 1.22 bits per heavy atom. The molecule has 3 heteroatoms. The molecule has 0 aromatic heterocycles. The van der Waals surface area contributed by atoms with Crippen LogP contribution in [0.15, 0.2) is 0 Å². The zero-order chi connectivity index (χ0) is 6.32. The van der Waals surface area contributed by atoms with E-state index in [0.717, 1.165) is 25.7 Å². The zero-order valence-corrected chi connectivity index (χ0v) is 5.30. The molecular formula is C6H11NO2. The van der Waals surface area contributed by atoms with E-state index >= 15 is 0 Å². The Hall–Kier alpha value is -0.120. The first-order valence-electron chi connectivity index (χ1n) is 3.43. The summed E-state index contributed by atoms with van der Waals surface area (Å²) < 4.78 is 0. The largest absolute Gasteiger partial charge is 0.328 e. The van der Waals surface area contributed by atoms with Gasteiger partial charge in [0.15, 0.2) is 0 Å². The highest BCUT2D eigenvalue weighted by atomic mass is 17.4. The summed E-state index contributed by atoms with van der Waals surface area (Å²) in [5, 5.41) is 0. The normalized spacial score (nSPS) is 33.0. The van der Waals surface area contributed by atoms with Gasteiger partial charge in [-0.15, -0.1) is 0 Å². The lowest BCUT2D eigenvalue weighted by atomic mass is 9.92. The van der Waals surface area contributed by atoms with Gasteiger partial charge in [-0.25, -0.2) is 0 Å². The Kier molecular flexibility index (Phi) is 1.06. The first-order chi connectivity index (χ1) is 4.31. The van der Waals surface area contributed by atoms with Crippen LogP contribution in [0.3, 0.4) is 0 Å². The molecule has 1 saturated heterocycles. The van der Waals surface area contributed by atoms with Crippen LogP contribution in [-0.2, 0) is 9.78 Å². The number of rotatable bonds is 0. The van der Waals surface area contributed by atoms with E-state index in [9.17, 15) is 0 Å². The molecule has 0 unspecified atom stereocenters. The summed E-state index contributed by atoms with van der Waals surface area (Å²) in [5.74, 6) is -0.171. The predicted octanol–water partition coefficient (Wildman–Crippen LogP) is 0.546. The molecule has 3 nitrogen and oxygen atoms in total. The Morgan fingerprint density at radius 3 is 2.22 bits per heavy atom. The topological polar surface area (TPSA) is 51.1 Å². The molecule has 1 aliphatic heterocycles. The first-order valence-corrected chi connectivity index (χ1v) is 3.43. The van der Waals surface area contributed by atoms with Gasteiger partial charge in [0.05, 0.1) is 0 Å². The van der Waals surface area contributed by atoms with E-state index in [-0.39, 0.29) is 5.79 Å². The summed E-state index contributed by atoms with van der Waals surface area (Å²) in [7, 11) is 0. The summed E-state index contributed by atoms with van der Waals surface area (Å²) >= 11 is 0. The van der Waals surface area contributed by atoms with Crippen molar-refractivity contribution < 1.29 is 9.78 Å². The summed E-state index contributed by atoms with van der Waals surface area (Å²) in [5.41, 5.74) is 5.67. The van der Waals surface area contributed by atoms with E-state index in [0.29, 0.717) is 6.04 Å². The Bertz CT molecular complexity index is 112. The van der Waals surface area contributed by atoms with Gasteiger partial charge >= 0.3 is 0 Å². The first kappa shape index (κ1) is 5.65. The predicted molar refractivity (Wildman–Crippen MR) is 31.3 cm³/mol. The lowest BCUT2D eigenvalue weighted by Crippen LogP contribution is -2.30. The minimum atomic E-state index is -0.171. The second-order valence-corrected chi connectivity index (χ2v) is 2.91. The van der Waals surface area contributed by atoms with Crippen LogP contribution in [0.2, 0.25) is 0 Å². The Balaban J connectivity index is 1.91. The monoisotopic (exact) mass is 129 g/mol. The van der Waals surface area contributed by atoms with Crippen molar-refractivity contribution in [2.75, 3.05) is 0 Å². The van der Waals surface area contributed by atoms with Crippen molar-refractivity contribution in [3.05, 3.63) is 0 Å². The number of nitrogens with two attached hydrogens (primary N) is 1. The van der Waals surface area contributed by atoms with Gasteiger partial charge in [0, 0.05) is 18.9 Å². The fourth-order valence-corrected chi connectivity index (χ4v) is 1.31. The summed E-state index contributed by atoms with van der Waals surface area (Å²) in [6.07, 6.45) is 4.04. The van der Waals surface area contributed by atoms with Crippen LogP contribution < -0.4 is 5.73 Å². The smallest absolute Gasteiger partial charge is 0.234 e. The van der Waals surface area contributed by atoms with Crippen LogP contribution >= 0.6 is 0 Å². The second-order valence-electron chi connectivity index (χ2n) is 2.91. The maximum absolute atomic E-state index is 5.67. The van der Waals surface area contributed by atoms with Crippen LogP contribution in [0.25, 0.3) is 0 Å². The molecule has 0 amide bonds. The molecule has 0 atom stereocenters. The quantitative estimate of drug-likeness (QED) is 0.383. The molecule has 1 spiro atoms. The second kappa shape index (κ2) is 1.68. The van der Waals surface area contributed by atoms with Crippen molar-refractivity contribution in [1.82, 2.24) is 0 Å². The number of hydrogen-bond donors (Lipinski definition) is 1. The van der Waals surface area contributed by atoms with Gasteiger partial charge in [0.25, 0.3) is 0 Å². The zero-order valence-electron chi connectivity index (χ0n) is 5.30. The average molecular weight is 129 g/mol. The van der Waals surface area contributed by atoms with E-state index in [2.05, 4.69) is 0 Å². The molecule has 0 aromatic rings. The fourth-order valence-electron chi connectivity index (χ4n) is 1.31. The molecule has 2 N–H and O–H groups in total. The van der Waals surface area contributed by atoms with E-state index in [1.165, 1.54) is 0 Å². The van der Waals surface area contributed by atoms with Crippen molar-refractivity contribution in [1.29, 1.82) is 0 Å². The molecule has 0 aromatic carbocycles. The van der Waals surface area contributed by atoms with E-state index in [1.807, 2.05) is 0 Å². The van der Waals surface area contributed by atoms with Crippen molar-refractivity contribution in [2.24, 2.45) is 5.73 Å². The van der Waals surface area contributed by atoms with Crippen LogP contribution in [0.1, 0.15) is 25.7 Å². The van der Waals surface area contributed by atoms with Gasteiger partial charge in [-0.2, -0.15) is 9.78 Å². The molecule has 2 rings (SSSR count). The molecule has 0 radical (unpaired) electrons. The van der Waals surface area contributed by atoms with Gasteiger partial charge in [-0.1, -0.05) is 0 Å². The molecule has 1 saturated carbocycles. The van der Waals surface area contributed by atoms with E-state index in [1.54, 1.807) is 0 Å².